The van der Waals surface area contributed by atoms with E-state index in [-0.39, 0.29) is 22.8 Å². The number of carbonyl (C=O) groups excluding carboxylic acids is 1. The van der Waals surface area contributed by atoms with Crippen molar-refractivity contribution in [1.82, 2.24) is 4.72 Å². The Morgan fingerprint density at radius 1 is 1.25 bits per heavy atom. The SMILES string of the molecule is CC(C)NS(=O)(=O)c1ccc(NC(=O)C2CC2C)cc1. The van der Waals surface area contributed by atoms with Crippen LogP contribution in [0.4, 0.5) is 5.69 Å². The maximum absolute atomic E-state index is 11.9. The van der Waals surface area contributed by atoms with Crippen LogP contribution in [0, 0.1) is 11.8 Å². The molecule has 0 radical (unpaired) electrons. The third-order valence-electron chi connectivity index (χ3n) is 3.27. The molecular weight excluding hydrogens is 276 g/mol. The molecule has 1 aliphatic carbocycles. The highest BCUT2D eigenvalue weighted by molar-refractivity contribution is 7.89. The second-order valence-electron chi connectivity index (χ2n) is 5.61. The number of hydrogen-bond acceptors (Lipinski definition) is 3. The number of rotatable bonds is 5. The molecule has 1 aromatic rings. The van der Waals surface area contributed by atoms with Gasteiger partial charge in [-0.2, -0.15) is 0 Å². The van der Waals surface area contributed by atoms with Gasteiger partial charge < -0.3 is 5.32 Å². The molecule has 6 heteroatoms. The maximum Gasteiger partial charge on any atom is 0.240 e. The monoisotopic (exact) mass is 296 g/mol. The second-order valence-corrected chi connectivity index (χ2v) is 7.32. The van der Waals surface area contributed by atoms with Gasteiger partial charge in [-0.3, -0.25) is 4.79 Å². The van der Waals surface area contributed by atoms with Gasteiger partial charge in [0.15, 0.2) is 0 Å². The van der Waals surface area contributed by atoms with Gasteiger partial charge in [-0.05, 0) is 50.5 Å². The zero-order chi connectivity index (χ0) is 14.9. The van der Waals surface area contributed by atoms with Crippen LogP contribution < -0.4 is 10.0 Å². The van der Waals surface area contributed by atoms with Crippen molar-refractivity contribution in [3.8, 4) is 0 Å². The Morgan fingerprint density at radius 3 is 2.25 bits per heavy atom. The molecule has 0 heterocycles. The summed E-state index contributed by atoms with van der Waals surface area (Å²) in [4.78, 5) is 12.0. The van der Waals surface area contributed by atoms with E-state index in [9.17, 15) is 13.2 Å². The lowest BCUT2D eigenvalue weighted by atomic mass is 10.3. The van der Waals surface area contributed by atoms with Crippen LogP contribution in [0.5, 0.6) is 0 Å². The maximum atomic E-state index is 11.9. The molecule has 1 saturated carbocycles. The summed E-state index contributed by atoms with van der Waals surface area (Å²) in [6.45, 7) is 5.57. The van der Waals surface area contributed by atoms with E-state index in [1.54, 1.807) is 26.0 Å². The predicted octanol–water partition coefficient (Wildman–Crippen LogP) is 1.97. The number of amides is 1. The van der Waals surface area contributed by atoms with E-state index in [1.807, 2.05) is 6.92 Å². The van der Waals surface area contributed by atoms with Crippen molar-refractivity contribution in [1.29, 1.82) is 0 Å². The molecule has 1 fully saturated rings. The minimum Gasteiger partial charge on any atom is -0.326 e. The summed E-state index contributed by atoms with van der Waals surface area (Å²) < 4.78 is 26.4. The van der Waals surface area contributed by atoms with Crippen molar-refractivity contribution in [2.75, 3.05) is 5.32 Å². The van der Waals surface area contributed by atoms with Gasteiger partial charge in [-0.1, -0.05) is 6.92 Å². The summed E-state index contributed by atoms with van der Waals surface area (Å²) in [5, 5.41) is 2.80. The first kappa shape index (κ1) is 15.0. The Kier molecular flexibility index (Phi) is 4.15. The van der Waals surface area contributed by atoms with Crippen LogP contribution in [0.2, 0.25) is 0 Å². The zero-order valence-electron chi connectivity index (χ0n) is 11.9. The summed E-state index contributed by atoms with van der Waals surface area (Å²) >= 11 is 0. The lowest BCUT2D eigenvalue weighted by molar-refractivity contribution is -0.117. The van der Waals surface area contributed by atoms with E-state index in [0.29, 0.717) is 11.6 Å². The quantitative estimate of drug-likeness (QED) is 0.872. The Bertz CT molecular complexity index is 593. The van der Waals surface area contributed by atoms with E-state index in [2.05, 4.69) is 10.0 Å². The molecule has 0 bridgehead atoms. The Labute approximate surface area is 119 Å². The van der Waals surface area contributed by atoms with Gasteiger partial charge in [0.25, 0.3) is 0 Å². The van der Waals surface area contributed by atoms with Crippen molar-refractivity contribution in [3.63, 3.8) is 0 Å². The molecule has 2 N–H and O–H groups in total. The van der Waals surface area contributed by atoms with Crippen molar-refractivity contribution in [3.05, 3.63) is 24.3 Å². The lowest BCUT2D eigenvalue weighted by Crippen LogP contribution is -2.30. The molecule has 0 saturated heterocycles. The Balaban J connectivity index is 2.04. The van der Waals surface area contributed by atoms with Gasteiger partial charge in [-0.25, -0.2) is 13.1 Å². The average molecular weight is 296 g/mol. The van der Waals surface area contributed by atoms with Gasteiger partial charge in [0, 0.05) is 17.6 Å². The Hall–Kier alpha value is -1.40. The zero-order valence-corrected chi connectivity index (χ0v) is 12.7. The topological polar surface area (TPSA) is 75.3 Å². The van der Waals surface area contributed by atoms with Crippen molar-refractivity contribution < 1.29 is 13.2 Å². The highest BCUT2D eigenvalue weighted by Crippen LogP contribution is 2.38. The van der Waals surface area contributed by atoms with Gasteiger partial charge in [-0.15, -0.1) is 0 Å². The van der Waals surface area contributed by atoms with E-state index >= 15 is 0 Å². The number of sulfonamides is 1. The second kappa shape index (κ2) is 5.54. The Morgan fingerprint density at radius 2 is 1.80 bits per heavy atom. The minimum absolute atomic E-state index is 0.00779. The number of anilines is 1. The molecule has 5 nitrogen and oxygen atoms in total. The molecule has 2 rings (SSSR count). The third-order valence-corrected chi connectivity index (χ3v) is 4.94. The van der Waals surface area contributed by atoms with Gasteiger partial charge >= 0.3 is 0 Å². The van der Waals surface area contributed by atoms with E-state index in [4.69, 9.17) is 0 Å². The van der Waals surface area contributed by atoms with E-state index in [0.717, 1.165) is 6.42 Å². The van der Waals surface area contributed by atoms with Crippen LogP contribution in [0.1, 0.15) is 27.2 Å². The van der Waals surface area contributed by atoms with Gasteiger partial charge in [0.05, 0.1) is 4.90 Å². The number of benzene rings is 1. The summed E-state index contributed by atoms with van der Waals surface area (Å²) in [6, 6.07) is 6.06. The van der Waals surface area contributed by atoms with Crippen molar-refractivity contribution in [2.24, 2.45) is 11.8 Å². The number of carbonyl (C=O) groups is 1. The van der Waals surface area contributed by atoms with Crippen LogP contribution in [-0.2, 0) is 14.8 Å². The first-order chi connectivity index (χ1) is 9.29. The lowest BCUT2D eigenvalue weighted by Gasteiger charge is -2.10. The molecule has 2 atom stereocenters. The molecule has 1 aliphatic rings. The normalized spacial score (nSPS) is 21.8. The molecular formula is C14H20N2O3S. The van der Waals surface area contributed by atoms with Crippen LogP contribution in [0.15, 0.2) is 29.2 Å². The number of hydrogen-bond donors (Lipinski definition) is 2. The standard InChI is InChI=1S/C14H20N2O3S/c1-9(2)16-20(18,19)12-6-4-11(5-7-12)15-14(17)13-8-10(13)3/h4-7,9-10,13,16H,8H2,1-3H3,(H,15,17). The molecule has 0 aromatic heterocycles. The van der Waals surface area contributed by atoms with Crippen LogP contribution in [-0.4, -0.2) is 20.4 Å². The molecule has 110 valence electrons. The first-order valence-corrected chi connectivity index (χ1v) is 8.21. The van der Waals surface area contributed by atoms with Crippen molar-refractivity contribution in [2.45, 2.75) is 38.1 Å². The summed E-state index contributed by atoms with van der Waals surface area (Å²) in [6.07, 6.45) is 0.927. The van der Waals surface area contributed by atoms with Crippen LogP contribution >= 0.6 is 0 Å². The third kappa shape index (κ3) is 3.58. The summed E-state index contributed by atoms with van der Waals surface area (Å²) in [5.74, 6) is 0.555. The van der Waals surface area contributed by atoms with Gasteiger partial charge in [0.2, 0.25) is 15.9 Å². The molecule has 20 heavy (non-hydrogen) atoms. The molecule has 1 amide bonds. The first-order valence-electron chi connectivity index (χ1n) is 6.73. The predicted molar refractivity (Wildman–Crippen MR) is 77.8 cm³/mol. The van der Waals surface area contributed by atoms with Crippen LogP contribution in [0.3, 0.4) is 0 Å². The fourth-order valence-corrected chi connectivity index (χ4v) is 3.27. The minimum atomic E-state index is -3.48. The van der Waals surface area contributed by atoms with E-state index < -0.39 is 10.0 Å². The van der Waals surface area contributed by atoms with Crippen molar-refractivity contribution >= 4 is 21.6 Å². The molecule has 0 aliphatic heterocycles. The molecule has 2 unspecified atom stereocenters. The fraction of sp³-hybridized carbons (Fsp3) is 0.500. The molecule has 0 spiro atoms. The van der Waals surface area contributed by atoms with Gasteiger partial charge in [0.1, 0.15) is 0 Å². The van der Waals surface area contributed by atoms with Crippen LogP contribution in [0.25, 0.3) is 0 Å². The number of nitrogens with one attached hydrogen (secondary N) is 2. The highest BCUT2D eigenvalue weighted by atomic mass is 32.2. The summed E-state index contributed by atoms with van der Waals surface area (Å²) in [5.41, 5.74) is 0.623. The average Bonchev–Trinajstić information content (AvgIpc) is 3.05. The smallest absolute Gasteiger partial charge is 0.240 e. The highest BCUT2D eigenvalue weighted by Gasteiger charge is 2.39. The largest absolute Gasteiger partial charge is 0.326 e. The van der Waals surface area contributed by atoms with E-state index in [1.165, 1.54) is 12.1 Å². The molecule has 1 aromatic carbocycles. The summed E-state index contributed by atoms with van der Waals surface area (Å²) in [7, 11) is -3.48. The fourth-order valence-electron chi connectivity index (χ4n) is 2.02.